The van der Waals surface area contributed by atoms with Crippen molar-refractivity contribution in [3.05, 3.63) is 93.5 Å². The minimum absolute atomic E-state index is 0.0743. The Morgan fingerprint density at radius 3 is 1.93 bits per heavy atom. The van der Waals surface area contributed by atoms with Crippen LogP contribution in [0.3, 0.4) is 0 Å². The lowest BCUT2D eigenvalue weighted by Crippen LogP contribution is -2.13. The van der Waals surface area contributed by atoms with Gasteiger partial charge in [0.25, 0.3) is 11.8 Å². The molecule has 0 heterocycles. The number of ether oxygens (including phenoxy) is 1. The molecular formula is C22H19N3O5. The van der Waals surface area contributed by atoms with Crippen LogP contribution in [0.4, 0.5) is 17.1 Å². The molecule has 0 aromatic heterocycles. The van der Waals surface area contributed by atoms with Crippen molar-refractivity contribution in [2.75, 3.05) is 17.7 Å². The van der Waals surface area contributed by atoms with Crippen molar-refractivity contribution in [3.8, 4) is 5.75 Å². The van der Waals surface area contributed by atoms with Crippen LogP contribution in [0.1, 0.15) is 26.3 Å². The van der Waals surface area contributed by atoms with Crippen LogP contribution in [-0.2, 0) is 0 Å². The van der Waals surface area contributed by atoms with E-state index in [9.17, 15) is 19.7 Å². The lowest BCUT2D eigenvalue weighted by Gasteiger charge is -2.09. The van der Waals surface area contributed by atoms with E-state index >= 15 is 0 Å². The molecular weight excluding hydrogens is 386 g/mol. The second-order valence-corrected chi connectivity index (χ2v) is 6.50. The molecule has 0 radical (unpaired) electrons. The quantitative estimate of drug-likeness (QED) is 0.466. The number of hydrogen-bond acceptors (Lipinski definition) is 5. The molecule has 0 aliphatic rings. The molecule has 0 spiro atoms. The Morgan fingerprint density at radius 1 is 0.867 bits per heavy atom. The van der Waals surface area contributed by atoms with E-state index < -0.39 is 10.8 Å². The Morgan fingerprint density at radius 2 is 1.43 bits per heavy atom. The highest BCUT2D eigenvalue weighted by Gasteiger charge is 2.18. The summed E-state index contributed by atoms with van der Waals surface area (Å²) in [5.74, 6) is -0.663. The summed E-state index contributed by atoms with van der Waals surface area (Å²) in [7, 11) is 1.32. The fourth-order valence-electron chi connectivity index (χ4n) is 2.80. The fraction of sp³-hybridized carbons (Fsp3) is 0.0909. The van der Waals surface area contributed by atoms with Gasteiger partial charge in [-0.3, -0.25) is 19.7 Å². The topological polar surface area (TPSA) is 111 Å². The minimum atomic E-state index is -0.610. The molecule has 3 aromatic rings. The lowest BCUT2D eigenvalue weighted by molar-refractivity contribution is -0.385. The zero-order valence-electron chi connectivity index (χ0n) is 16.3. The van der Waals surface area contributed by atoms with E-state index in [2.05, 4.69) is 10.6 Å². The van der Waals surface area contributed by atoms with Crippen LogP contribution in [0.2, 0.25) is 0 Å². The molecule has 2 N–H and O–H groups in total. The molecule has 30 heavy (non-hydrogen) atoms. The predicted molar refractivity (Wildman–Crippen MR) is 113 cm³/mol. The first-order valence-corrected chi connectivity index (χ1v) is 8.99. The first-order valence-electron chi connectivity index (χ1n) is 8.99. The van der Waals surface area contributed by atoms with Crippen molar-refractivity contribution < 1.29 is 19.2 Å². The summed E-state index contributed by atoms with van der Waals surface area (Å²) in [6.07, 6.45) is 0. The molecule has 2 amide bonds. The molecule has 0 saturated carbocycles. The van der Waals surface area contributed by atoms with Gasteiger partial charge >= 0.3 is 5.69 Å². The third-order valence-corrected chi connectivity index (χ3v) is 4.32. The second kappa shape index (κ2) is 8.87. The average Bonchev–Trinajstić information content (AvgIpc) is 2.74. The van der Waals surface area contributed by atoms with Crippen LogP contribution in [0.5, 0.6) is 5.75 Å². The molecule has 3 rings (SSSR count). The molecule has 0 saturated heterocycles. The molecule has 0 aliphatic heterocycles. The van der Waals surface area contributed by atoms with E-state index in [0.29, 0.717) is 16.9 Å². The number of aryl methyl sites for hydroxylation is 1. The van der Waals surface area contributed by atoms with Crippen LogP contribution in [-0.4, -0.2) is 23.8 Å². The van der Waals surface area contributed by atoms with Crippen molar-refractivity contribution in [1.29, 1.82) is 0 Å². The van der Waals surface area contributed by atoms with Crippen molar-refractivity contribution in [2.24, 2.45) is 0 Å². The molecule has 0 unspecified atom stereocenters. The molecule has 0 aliphatic carbocycles. The van der Waals surface area contributed by atoms with E-state index in [1.165, 1.54) is 19.2 Å². The standard InChI is InChI=1S/C22H19N3O5/c1-14-4-3-5-15(12-14)21(26)23-17-7-9-18(10-8-17)24-22(27)16-6-11-20(30-2)19(13-16)25(28)29/h3-13H,1-2H3,(H,23,26)(H,24,27). The predicted octanol–water partition coefficient (Wildman–Crippen LogP) is 4.42. The van der Waals surface area contributed by atoms with Gasteiger partial charge in [-0.05, 0) is 55.5 Å². The number of rotatable bonds is 6. The number of methoxy groups -OCH3 is 1. The maximum Gasteiger partial charge on any atom is 0.311 e. The minimum Gasteiger partial charge on any atom is -0.490 e. The molecule has 3 aromatic carbocycles. The van der Waals surface area contributed by atoms with Gasteiger partial charge in [0, 0.05) is 28.6 Å². The first-order chi connectivity index (χ1) is 14.4. The van der Waals surface area contributed by atoms with Crippen LogP contribution in [0.25, 0.3) is 0 Å². The van der Waals surface area contributed by atoms with Crippen molar-refractivity contribution >= 4 is 28.9 Å². The number of carbonyl (C=O) groups is 2. The summed E-state index contributed by atoms with van der Waals surface area (Å²) >= 11 is 0. The van der Waals surface area contributed by atoms with Gasteiger partial charge in [-0.1, -0.05) is 17.7 Å². The number of nitrogens with zero attached hydrogens (tertiary/aromatic N) is 1. The van der Waals surface area contributed by atoms with Crippen LogP contribution in [0.15, 0.2) is 66.7 Å². The van der Waals surface area contributed by atoms with Gasteiger partial charge in [0.2, 0.25) is 0 Å². The third-order valence-electron chi connectivity index (χ3n) is 4.32. The fourth-order valence-corrected chi connectivity index (χ4v) is 2.80. The van der Waals surface area contributed by atoms with Crippen LogP contribution in [0, 0.1) is 17.0 Å². The largest absolute Gasteiger partial charge is 0.490 e. The highest BCUT2D eigenvalue weighted by atomic mass is 16.6. The number of hydrogen-bond donors (Lipinski definition) is 2. The molecule has 0 bridgehead atoms. The summed E-state index contributed by atoms with van der Waals surface area (Å²) in [5.41, 5.74) is 2.42. The Balaban J connectivity index is 1.68. The van der Waals surface area contributed by atoms with Gasteiger partial charge in [0.15, 0.2) is 5.75 Å². The van der Waals surface area contributed by atoms with Gasteiger partial charge in [-0.2, -0.15) is 0 Å². The Bertz CT molecular complexity index is 1110. The maximum absolute atomic E-state index is 12.4. The van der Waals surface area contributed by atoms with Crippen molar-refractivity contribution in [2.45, 2.75) is 6.92 Å². The third kappa shape index (κ3) is 4.79. The average molecular weight is 405 g/mol. The number of benzene rings is 3. The number of nitro groups is 1. The monoisotopic (exact) mass is 405 g/mol. The first kappa shape index (κ1) is 20.5. The zero-order valence-corrected chi connectivity index (χ0v) is 16.3. The van der Waals surface area contributed by atoms with Crippen LogP contribution < -0.4 is 15.4 Å². The molecule has 8 nitrogen and oxygen atoms in total. The highest BCUT2D eigenvalue weighted by molar-refractivity contribution is 6.06. The molecule has 0 fully saturated rings. The number of nitrogens with one attached hydrogen (secondary N) is 2. The Labute approximate surface area is 172 Å². The number of carbonyl (C=O) groups excluding carboxylic acids is 2. The highest BCUT2D eigenvalue weighted by Crippen LogP contribution is 2.28. The van der Waals surface area contributed by atoms with Gasteiger partial charge < -0.3 is 15.4 Å². The van der Waals surface area contributed by atoms with E-state index in [4.69, 9.17) is 4.74 Å². The summed E-state index contributed by atoms with van der Waals surface area (Å²) < 4.78 is 4.94. The number of anilines is 2. The lowest BCUT2D eigenvalue weighted by atomic mass is 10.1. The van der Waals surface area contributed by atoms with E-state index in [1.807, 2.05) is 19.1 Å². The van der Waals surface area contributed by atoms with E-state index in [-0.39, 0.29) is 22.9 Å². The van der Waals surface area contributed by atoms with Crippen molar-refractivity contribution in [1.82, 2.24) is 0 Å². The van der Waals surface area contributed by atoms with Crippen molar-refractivity contribution in [3.63, 3.8) is 0 Å². The zero-order chi connectivity index (χ0) is 21.7. The van der Waals surface area contributed by atoms with Gasteiger partial charge in [0.1, 0.15) is 0 Å². The normalized spacial score (nSPS) is 10.2. The van der Waals surface area contributed by atoms with E-state index in [0.717, 1.165) is 11.6 Å². The number of nitro benzene ring substituents is 1. The Kier molecular flexibility index (Phi) is 6.07. The molecule has 152 valence electrons. The summed E-state index contributed by atoms with van der Waals surface area (Å²) in [5, 5.41) is 16.6. The smallest absolute Gasteiger partial charge is 0.311 e. The van der Waals surface area contributed by atoms with Gasteiger partial charge in [0.05, 0.1) is 12.0 Å². The number of amides is 2. The molecule has 0 atom stereocenters. The summed E-state index contributed by atoms with van der Waals surface area (Å²) in [6, 6.07) is 17.8. The maximum atomic E-state index is 12.4. The van der Waals surface area contributed by atoms with Gasteiger partial charge in [-0.15, -0.1) is 0 Å². The van der Waals surface area contributed by atoms with Crippen LogP contribution >= 0.6 is 0 Å². The van der Waals surface area contributed by atoms with Gasteiger partial charge in [-0.25, -0.2) is 0 Å². The SMILES string of the molecule is COc1ccc(C(=O)Nc2ccc(NC(=O)c3cccc(C)c3)cc2)cc1[N+](=O)[O-]. The summed E-state index contributed by atoms with van der Waals surface area (Å²) in [6.45, 7) is 1.91. The Hall–Kier alpha value is -4.20. The van der Waals surface area contributed by atoms with E-state index in [1.54, 1.807) is 36.4 Å². The summed E-state index contributed by atoms with van der Waals surface area (Å²) in [4.78, 5) is 35.2. The second-order valence-electron chi connectivity index (χ2n) is 6.50. The molecule has 8 heteroatoms.